The molecule has 17 heavy (non-hydrogen) atoms. The van der Waals surface area contributed by atoms with Gasteiger partial charge in [0.25, 0.3) is 0 Å². The average molecular weight is 247 g/mol. The summed E-state index contributed by atoms with van der Waals surface area (Å²) in [4.78, 5) is 1.78. The van der Waals surface area contributed by atoms with E-state index in [1.807, 2.05) is 0 Å². The molecule has 0 aliphatic carbocycles. The van der Waals surface area contributed by atoms with Crippen molar-refractivity contribution in [2.45, 2.75) is 12.8 Å². The average Bonchev–Trinajstić information content (AvgIpc) is 2.26. The van der Waals surface area contributed by atoms with E-state index in [9.17, 15) is 18.3 Å². The van der Waals surface area contributed by atoms with Crippen LogP contribution in [0, 0.1) is 17.5 Å². The molecule has 0 bridgehead atoms. The van der Waals surface area contributed by atoms with Gasteiger partial charge in [0.15, 0.2) is 23.7 Å². The predicted octanol–water partition coefficient (Wildman–Crippen LogP) is 1.25. The van der Waals surface area contributed by atoms with E-state index in [4.69, 9.17) is 4.74 Å². The molecular formula is C11H12F3NO2. The molecule has 3 nitrogen and oxygen atoms in total. The van der Waals surface area contributed by atoms with Gasteiger partial charge in [0.2, 0.25) is 0 Å². The summed E-state index contributed by atoms with van der Waals surface area (Å²) in [5, 5.41) is 9.24. The minimum absolute atomic E-state index is 0.245. The van der Waals surface area contributed by atoms with Crippen LogP contribution in [0.25, 0.3) is 0 Å². The molecule has 0 aromatic heterocycles. The van der Waals surface area contributed by atoms with Crippen molar-refractivity contribution in [1.29, 1.82) is 0 Å². The lowest BCUT2D eigenvalue weighted by Gasteiger charge is -2.30. The zero-order valence-corrected chi connectivity index (χ0v) is 9.00. The first kappa shape index (κ1) is 12.3. The first-order valence-electron chi connectivity index (χ1n) is 5.21. The van der Waals surface area contributed by atoms with Crippen molar-refractivity contribution in [2.75, 3.05) is 19.7 Å². The van der Waals surface area contributed by atoms with Gasteiger partial charge < -0.3 is 9.84 Å². The molecule has 2 rings (SSSR count). The Morgan fingerprint density at radius 1 is 1.29 bits per heavy atom. The summed E-state index contributed by atoms with van der Waals surface area (Å²) in [6, 6.07) is 1.92. The summed E-state index contributed by atoms with van der Waals surface area (Å²) in [7, 11) is 0. The second-order valence-electron chi connectivity index (χ2n) is 3.93. The van der Waals surface area contributed by atoms with Gasteiger partial charge in [-0.25, -0.2) is 13.2 Å². The van der Waals surface area contributed by atoms with Crippen LogP contribution in [0.1, 0.15) is 5.56 Å². The zero-order chi connectivity index (χ0) is 12.4. The molecule has 6 heteroatoms. The highest BCUT2D eigenvalue weighted by atomic mass is 19.2. The van der Waals surface area contributed by atoms with Crippen molar-refractivity contribution in [3.05, 3.63) is 35.1 Å². The first-order chi connectivity index (χ1) is 8.06. The normalized spacial score (nSPS) is 21.8. The molecule has 1 aromatic carbocycles. The number of nitrogens with zero attached hydrogens (tertiary/aromatic N) is 1. The van der Waals surface area contributed by atoms with Crippen LogP contribution >= 0.6 is 0 Å². The number of hydrogen-bond donors (Lipinski definition) is 1. The highest BCUT2D eigenvalue weighted by molar-refractivity contribution is 5.19. The van der Waals surface area contributed by atoms with Crippen LogP contribution in [0.5, 0.6) is 0 Å². The van der Waals surface area contributed by atoms with Gasteiger partial charge in [-0.3, -0.25) is 4.90 Å². The molecule has 1 aliphatic heterocycles. The Balaban J connectivity index is 2.08. The number of hydrogen-bond acceptors (Lipinski definition) is 3. The largest absolute Gasteiger partial charge is 0.367 e. The number of aliphatic hydroxyl groups excluding tert-OH is 1. The Hall–Kier alpha value is -1.11. The fourth-order valence-corrected chi connectivity index (χ4v) is 1.78. The van der Waals surface area contributed by atoms with E-state index in [0.29, 0.717) is 18.7 Å². The van der Waals surface area contributed by atoms with Crippen molar-refractivity contribution in [3.8, 4) is 0 Å². The lowest BCUT2D eigenvalue weighted by atomic mass is 10.2. The minimum atomic E-state index is -1.46. The summed E-state index contributed by atoms with van der Waals surface area (Å²) >= 11 is 0. The zero-order valence-electron chi connectivity index (χ0n) is 9.00. The van der Waals surface area contributed by atoms with Crippen LogP contribution in [-0.2, 0) is 11.3 Å². The number of halogens is 3. The quantitative estimate of drug-likeness (QED) is 0.798. The molecule has 0 saturated carbocycles. The minimum Gasteiger partial charge on any atom is -0.367 e. The van der Waals surface area contributed by atoms with E-state index < -0.39 is 23.7 Å². The van der Waals surface area contributed by atoms with Gasteiger partial charge in [0, 0.05) is 19.6 Å². The number of ether oxygens (including phenoxy) is 1. The molecule has 1 unspecified atom stereocenters. The summed E-state index contributed by atoms with van der Waals surface area (Å²) in [6.45, 7) is 1.42. The Morgan fingerprint density at radius 2 is 1.94 bits per heavy atom. The number of rotatable bonds is 2. The Bertz CT molecular complexity index is 391. The van der Waals surface area contributed by atoms with Gasteiger partial charge >= 0.3 is 0 Å². The van der Waals surface area contributed by atoms with E-state index in [0.717, 1.165) is 12.1 Å². The first-order valence-corrected chi connectivity index (χ1v) is 5.21. The number of morpholine rings is 1. The third-order valence-corrected chi connectivity index (χ3v) is 2.58. The SMILES string of the molecule is OC1CN(Cc2cc(F)c(F)c(F)c2)CCO1. The molecule has 1 aromatic rings. The lowest BCUT2D eigenvalue weighted by molar-refractivity contribution is -0.147. The maximum absolute atomic E-state index is 13.0. The Morgan fingerprint density at radius 3 is 2.53 bits per heavy atom. The molecule has 1 N–H and O–H groups in total. The predicted molar refractivity (Wildman–Crippen MR) is 53.6 cm³/mol. The summed E-state index contributed by atoms with van der Waals surface area (Å²) in [5.41, 5.74) is 0.329. The van der Waals surface area contributed by atoms with Crippen LogP contribution in [0.3, 0.4) is 0 Å². The fraction of sp³-hybridized carbons (Fsp3) is 0.455. The van der Waals surface area contributed by atoms with Gasteiger partial charge in [-0.15, -0.1) is 0 Å². The maximum Gasteiger partial charge on any atom is 0.194 e. The van der Waals surface area contributed by atoms with Crippen LogP contribution in [0.2, 0.25) is 0 Å². The van der Waals surface area contributed by atoms with Crippen LogP contribution in [-0.4, -0.2) is 36.0 Å². The van der Waals surface area contributed by atoms with Crippen LogP contribution < -0.4 is 0 Å². The van der Waals surface area contributed by atoms with Crippen LogP contribution in [0.15, 0.2) is 12.1 Å². The smallest absolute Gasteiger partial charge is 0.194 e. The number of benzene rings is 1. The lowest BCUT2D eigenvalue weighted by Crippen LogP contribution is -2.41. The molecule has 1 saturated heterocycles. The number of aliphatic hydroxyl groups is 1. The van der Waals surface area contributed by atoms with Gasteiger partial charge in [-0.1, -0.05) is 0 Å². The topological polar surface area (TPSA) is 32.7 Å². The second-order valence-corrected chi connectivity index (χ2v) is 3.93. The van der Waals surface area contributed by atoms with Crippen LogP contribution in [0.4, 0.5) is 13.2 Å². The summed E-state index contributed by atoms with van der Waals surface area (Å²) in [6.07, 6.45) is -0.890. The summed E-state index contributed by atoms with van der Waals surface area (Å²) < 4.78 is 43.6. The van der Waals surface area contributed by atoms with Gasteiger partial charge in [0.05, 0.1) is 6.61 Å². The van der Waals surface area contributed by atoms with Crippen molar-refractivity contribution < 1.29 is 23.0 Å². The third kappa shape index (κ3) is 2.96. The van der Waals surface area contributed by atoms with Crippen molar-refractivity contribution in [3.63, 3.8) is 0 Å². The molecule has 1 fully saturated rings. The molecule has 0 spiro atoms. The second kappa shape index (κ2) is 5.03. The fourth-order valence-electron chi connectivity index (χ4n) is 1.78. The molecule has 94 valence electrons. The molecular weight excluding hydrogens is 235 g/mol. The Kier molecular flexibility index (Phi) is 3.66. The maximum atomic E-state index is 13.0. The van der Waals surface area contributed by atoms with Crippen molar-refractivity contribution in [2.24, 2.45) is 0 Å². The standard InChI is InChI=1S/C11H12F3NO2/c12-8-3-7(4-9(13)11(8)14)5-15-1-2-17-10(16)6-15/h3-4,10,16H,1-2,5-6H2. The molecule has 1 aliphatic rings. The van der Waals surface area contributed by atoms with E-state index >= 15 is 0 Å². The molecule has 1 heterocycles. The van der Waals surface area contributed by atoms with E-state index in [1.54, 1.807) is 4.90 Å². The highest BCUT2D eigenvalue weighted by Crippen LogP contribution is 2.16. The van der Waals surface area contributed by atoms with E-state index in [2.05, 4.69) is 0 Å². The molecule has 1 atom stereocenters. The van der Waals surface area contributed by atoms with Gasteiger partial charge in [-0.05, 0) is 17.7 Å². The van der Waals surface area contributed by atoms with Gasteiger partial charge in [-0.2, -0.15) is 0 Å². The monoisotopic (exact) mass is 247 g/mol. The Labute approximate surface area is 96.4 Å². The van der Waals surface area contributed by atoms with E-state index in [1.165, 1.54) is 0 Å². The van der Waals surface area contributed by atoms with E-state index in [-0.39, 0.29) is 13.1 Å². The van der Waals surface area contributed by atoms with Gasteiger partial charge in [0.1, 0.15) is 0 Å². The molecule has 0 radical (unpaired) electrons. The summed E-state index contributed by atoms with van der Waals surface area (Å²) in [5.74, 6) is -3.86. The number of β-amino-alcohol motifs (C(OH)–C–C–N with tert-alkyl or cyclic N) is 1. The highest BCUT2D eigenvalue weighted by Gasteiger charge is 2.19. The third-order valence-electron chi connectivity index (χ3n) is 2.58. The van der Waals surface area contributed by atoms with Crippen molar-refractivity contribution >= 4 is 0 Å². The van der Waals surface area contributed by atoms with Crippen molar-refractivity contribution in [1.82, 2.24) is 4.90 Å². The molecule has 0 amide bonds.